The fraction of sp³-hybridized carbons (Fsp3) is 0.0769. The molecule has 17 heavy (non-hydrogen) atoms. The van der Waals surface area contributed by atoms with E-state index in [2.05, 4.69) is 16.4 Å². The molecule has 1 aromatic heterocycles. The van der Waals surface area contributed by atoms with E-state index < -0.39 is 0 Å². The van der Waals surface area contributed by atoms with Crippen LogP contribution in [0.25, 0.3) is 0 Å². The molecule has 1 N–H and O–H groups in total. The van der Waals surface area contributed by atoms with Gasteiger partial charge in [0.1, 0.15) is 11.6 Å². The normalized spacial score (nSPS) is 9.41. The van der Waals surface area contributed by atoms with Crippen molar-refractivity contribution >= 4 is 11.5 Å². The van der Waals surface area contributed by atoms with Gasteiger partial charge in [-0.3, -0.25) is 0 Å². The second kappa shape index (κ2) is 4.99. The average molecular weight is 225 g/mol. The first kappa shape index (κ1) is 11.0. The molecule has 84 valence electrons. The van der Waals surface area contributed by atoms with Gasteiger partial charge in [-0.05, 0) is 36.4 Å². The number of pyridine rings is 1. The van der Waals surface area contributed by atoms with E-state index in [1.165, 1.54) is 0 Å². The Kier molecular flexibility index (Phi) is 3.22. The van der Waals surface area contributed by atoms with Crippen LogP contribution in [0.3, 0.4) is 0 Å². The predicted octanol–water partition coefficient (Wildman–Crippen LogP) is 2.71. The van der Waals surface area contributed by atoms with Crippen LogP contribution < -0.4 is 10.1 Å². The van der Waals surface area contributed by atoms with Gasteiger partial charge in [-0.15, -0.1) is 0 Å². The second-order valence-corrected chi connectivity index (χ2v) is 3.40. The minimum Gasteiger partial charge on any atom is -0.497 e. The first-order valence-corrected chi connectivity index (χ1v) is 5.09. The monoisotopic (exact) mass is 225 g/mol. The highest BCUT2D eigenvalue weighted by atomic mass is 16.5. The lowest BCUT2D eigenvalue weighted by atomic mass is 10.2. The van der Waals surface area contributed by atoms with Gasteiger partial charge in [0.05, 0.1) is 18.7 Å². The van der Waals surface area contributed by atoms with Crippen molar-refractivity contribution in [3.05, 3.63) is 48.2 Å². The minimum absolute atomic E-state index is 0.580. The largest absolute Gasteiger partial charge is 0.497 e. The maximum Gasteiger partial charge on any atom is 0.131 e. The molecule has 0 spiro atoms. The Morgan fingerprint density at radius 1 is 1.24 bits per heavy atom. The summed E-state index contributed by atoms with van der Waals surface area (Å²) in [6.45, 7) is 0. The van der Waals surface area contributed by atoms with E-state index in [0.717, 1.165) is 11.4 Å². The third-order valence-electron chi connectivity index (χ3n) is 2.25. The standard InChI is InChI=1S/C13H11N3O/c1-17-12-4-2-11(3-5-12)16-13-8-10(9-14)6-7-15-13/h2-8H,1H3,(H,15,16). The zero-order valence-electron chi connectivity index (χ0n) is 9.34. The maximum atomic E-state index is 8.77. The number of anilines is 2. The number of aromatic nitrogens is 1. The summed E-state index contributed by atoms with van der Waals surface area (Å²) in [5, 5.41) is 11.9. The van der Waals surface area contributed by atoms with Crippen LogP contribution in [-0.4, -0.2) is 12.1 Å². The van der Waals surface area contributed by atoms with Crippen molar-refractivity contribution in [3.63, 3.8) is 0 Å². The molecule has 0 fully saturated rings. The Bertz CT molecular complexity index is 543. The summed E-state index contributed by atoms with van der Waals surface area (Å²) in [7, 11) is 1.63. The molecule has 0 bridgehead atoms. The van der Waals surface area contributed by atoms with Crippen molar-refractivity contribution in [3.8, 4) is 11.8 Å². The third-order valence-corrected chi connectivity index (χ3v) is 2.25. The molecule has 4 nitrogen and oxygen atoms in total. The number of nitrogens with zero attached hydrogens (tertiary/aromatic N) is 2. The lowest BCUT2D eigenvalue weighted by Crippen LogP contribution is -1.93. The van der Waals surface area contributed by atoms with E-state index in [0.29, 0.717) is 11.4 Å². The average Bonchev–Trinajstić information content (AvgIpc) is 2.40. The van der Waals surface area contributed by atoms with Gasteiger partial charge in [0.15, 0.2) is 0 Å². The van der Waals surface area contributed by atoms with Crippen molar-refractivity contribution in [2.75, 3.05) is 12.4 Å². The van der Waals surface area contributed by atoms with E-state index in [9.17, 15) is 0 Å². The highest BCUT2D eigenvalue weighted by molar-refractivity contribution is 5.58. The number of methoxy groups -OCH3 is 1. The number of nitrogens with one attached hydrogen (secondary N) is 1. The summed E-state index contributed by atoms with van der Waals surface area (Å²) < 4.78 is 5.07. The minimum atomic E-state index is 0.580. The zero-order chi connectivity index (χ0) is 12.1. The molecule has 0 radical (unpaired) electrons. The molecule has 0 amide bonds. The van der Waals surface area contributed by atoms with Gasteiger partial charge in [-0.2, -0.15) is 5.26 Å². The van der Waals surface area contributed by atoms with Crippen LogP contribution in [0, 0.1) is 11.3 Å². The Balaban J connectivity index is 2.16. The second-order valence-electron chi connectivity index (χ2n) is 3.40. The van der Waals surface area contributed by atoms with E-state index in [4.69, 9.17) is 10.00 Å². The van der Waals surface area contributed by atoms with Crippen LogP contribution in [0.5, 0.6) is 5.75 Å². The van der Waals surface area contributed by atoms with Gasteiger partial charge < -0.3 is 10.1 Å². The van der Waals surface area contributed by atoms with Crippen LogP contribution in [0.1, 0.15) is 5.56 Å². The van der Waals surface area contributed by atoms with Crippen LogP contribution in [0.2, 0.25) is 0 Å². The van der Waals surface area contributed by atoms with E-state index in [1.54, 1.807) is 25.4 Å². The molecular formula is C13H11N3O. The molecule has 0 saturated heterocycles. The number of rotatable bonds is 3. The molecule has 2 rings (SSSR count). The summed E-state index contributed by atoms with van der Waals surface area (Å²) >= 11 is 0. The van der Waals surface area contributed by atoms with Gasteiger partial charge in [-0.25, -0.2) is 4.98 Å². The quantitative estimate of drug-likeness (QED) is 0.872. The van der Waals surface area contributed by atoms with Crippen molar-refractivity contribution in [2.24, 2.45) is 0 Å². The molecule has 0 atom stereocenters. The zero-order valence-corrected chi connectivity index (χ0v) is 9.34. The van der Waals surface area contributed by atoms with E-state index >= 15 is 0 Å². The van der Waals surface area contributed by atoms with E-state index in [1.807, 2.05) is 24.3 Å². The summed E-state index contributed by atoms with van der Waals surface area (Å²) in [6, 6.07) is 12.9. The lowest BCUT2D eigenvalue weighted by molar-refractivity contribution is 0.415. The van der Waals surface area contributed by atoms with Gasteiger partial charge in [-0.1, -0.05) is 0 Å². The molecule has 0 aliphatic carbocycles. The van der Waals surface area contributed by atoms with Crippen molar-refractivity contribution < 1.29 is 4.74 Å². The molecule has 1 heterocycles. The Hall–Kier alpha value is -2.54. The summed E-state index contributed by atoms with van der Waals surface area (Å²) in [5.41, 5.74) is 1.48. The van der Waals surface area contributed by atoms with Crippen LogP contribution in [0.15, 0.2) is 42.6 Å². The highest BCUT2D eigenvalue weighted by Gasteiger charge is 1.98. The molecule has 0 saturated carbocycles. The number of benzene rings is 1. The molecular weight excluding hydrogens is 214 g/mol. The molecule has 0 unspecified atom stereocenters. The smallest absolute Gasteiger partial charge is 0.131 e. The lowest BCUT2D eigenvalue weighted by Gasteiger charge is -2.06. The first-order valence-electron chi connectivity index (χ1n) is 5.09. The molecule has 4 heteroatoms. The van der Waals surface area contributed by atoms with Crippen LogP contribution in [0.4, 0.5) is 11.5 Å². The fourth-order valence-electron chi connectivity index (χ4n) is 1.39. The van der Waals surface area contributed by atoms with Crippen LogP contribution in [-0.2, 0) is 0 Å². The first-order chi connectivity index (χ1) is 8.31. The molecule has 2 aromatic rings. The van der Waals surface area contributed by atoms with Crippen molar-refractivity contribution in [1.82, 2.24) is 4.98 Å². The van der Waals surface area contributed by atoms with Crippen molar-refractivity contribution in [2.45, 2.75) is 0 Å². The Morgan fingerprint density at radius 2 is 2.00 bits per heavy atom. The fourth-order valence-corrected chi connectivity index (χ4v) is 1.39. The topological polar surface area (TPSA) is 57.9 Å². The Labute approximate surface area is 99.5 Å². The van der Waals surface area contributed by atoms with Gasteiger partial charge in [0.2, 0.25) is 0 Å². The number of nitriles is 1. The third kappa shape index (κ3) is 2.73. The predicted molar refractivity (Wildman–Crippen MR) is 65.2 cm³/mol. The summed E-state index contributed by atoms with van der Waals surface area (Å²) in [5.74, 6) is 1.45. The number of hydrogen-bond donors (Lipinski definition) is 1. The number of ether oxygens (including phenoxy) is 1. The molecule has 0 aliphatic heterocycles. The van der Waals surface area contributed by atoms with Crippen molar-refractivity contribution in [1.29, 1.82) is 5.26 Å². The van der Waals surface area contributed by atoms with Gasteiger partial charge in [0.25, 0.3) is 0 Å². The highest BCUT2D eigenvalue weighted by Crippen LogP contribution is 2.18. The maximum absolute atomic E-state index is 8.77. The molecule has 1 aromatic carbocycles. The van der Waals surface area contributed by atoms with Crippen LogP contribution >= 0.6 is 0 Å². The van der Waals surface area contributed by atoms with E-state index in [-0.39, 0.29) is 0 Å². The van der Waals surface area contributed by atoms with Gasteiger partial charge >= 0.3 is 0 Å². The Morgan fingerprint density at radius 3 is 2.65 bits per heavy atom. The van der Waals surface area contributed by atoms with Gasteiger partial charge in [0, 0.05) is 11.9 Å². The number of hydrogen-bond acceptors (Lipinski definition) is 4. The summed E-state index contributed by atoms with van der Waals surface area (Å²) in [6.07, 6.45) is 1.60. The SMILES string of the molecule is COc1ccc(Nc2cc(C#N)ccn2)cc1. The summed E-state index contributed by atoms with van der Waals surface area (Å²) in [4.78, 5) is 4.13. The molecule has 0 aliphatic rings.